The molecule has 3 heteroatoms. The topological polar surface area (TPSA) is 41.1 Å². The number of anilines is 1. The van der Waals surface area contributed by atoms with Crippen molar-refractivity contribution < 1.29 is 4.79 Å². The number of carbonyl (C=O) groups excluding carboxylic acids is 1. The first-order valence-electron chi connectivity index (χ1n) is 7.68. The molecule has 0 radical (unpaired) electrons. The lowest BCUT2D eigenvalue weighted by Gasteiger charge is -2.10. The molecule has 0 atom stereocenters. The van der Waals surface area contributed by atoms with Crippen molar-refractivity contribution >= 4 is 11.6 Å². The fraction of sp³-hybridized carbons (Fsp3) is 0.316. The highest BCUT2D eigenvalue weighted by Crippen LogP contribution is 2.16. The van der Waals surface area contributed by atoms with Gasteiger partial charge in [-0.2, -0.15) is 0 Å². The molecule has 0 aliphatic rings. The molecule has 1 amide bonds. The molecule has 0 bridgehead atoms. The molecule has 0 spiro atoms. The van der Waals surface area contributed by atoms with Gasteiger partial charge in [0.15, 0.2) is 0 Å². The van der Waals surface area contributed by atoms with Gasteiger partial charge >= 0.3 is 0 Å². The molecule has 2 rings (SSSR count). The van der Waals surface area contributed by atoms with Crippen LogP contribution in [0.3, 0.4) is 0 Å². The van der Waals surface area contributed by atoms with E-state index in [-0.39, 0.29) is 5.91 Å². The maximum Gasteiger partial charge on any atom is 0.225 e. The largest absolute Gasteiger partial charge is 0.326 e. The highest BCUT2D eigenvalue weighted by atomic mass is 16.1. The van der Waals surface area contributed by atoms with Gasteiger partial charge in [0.05, 0.1) is 0 Å². The van der Waals surface area contributed by atoms with Crippen molar-refractivity contribution in [2.24, 2.45) is 0 Å². The molecule has 116 valence electrons. The zero-order chi connectivity index (χ0) is 15.9. The van der Waals surface area contributed by atoms with Crippen molar-refractivity contribution in [2.75, 3.05) is 11.9 Å². The lowest BCUT2D eigenvalue weighted by molar-refractivity contribution is -0.116. The van der Waals surface area contributed by atoms with Crippen molar-refractivity contribution in [3.05, 3.63) is 64.7 Å². The average molecular weight is 296 g/mol. The molecular weight excluding hydrogens is 272 g/mol. The molecular formula is C19H24N2O. The van der Waals surface area contributed by atoms with Crippen molar-refractivity contribution in [1.82, 2.24) is 5.32 Å². The van der Waals surface area contributed by atoms with Gasteiger partial charge in [-0.15, -0.1) is 0 Å². The highest BCUT2D eigenvalue weighted by Gasteiger charge is 2.05. The molecule has 2 N–H and O–H groups in total. The SMILES string of the molecule is Cc1ccc(C)c(NC(=O)CCNCc2ccccc2C)c1. The third-order valence-electron chi connectivity index (χ3n) is 3.77. The van der Waals surface area contributed by atoms with E-state index in [0.717, 1.165) is 23.4 Å². The first kappa shape index (κ1) is 16.2. The molecule has 0 saturated heterocycles. The van der Waals surface area contributed by atoms with Gasteiger partial charge < -0.3 is 10.6 Å². The van der Waals surface area contributed by atoms with Crippen LogP contribution in [0.2, 0.25) is 0 Å². The summed E-state index contributed by atoms with van der Waals surface area (Å²) in [7, 11) is 0. The third kappa shape index (κ3) is 4.71. The minimum atomic E-state index is 0.0472. The summed E-state index contributed by atoms with van der Waals surface area (Å²) >= 11 is 0. The summed E-state index contributed by atoms with van der Waals surface area (Å²) in [5.41, 5.74) is 5.70. The van der Waals surface area contributed by atoms with Crippen LogP contribution >= 0.6 is 0 Å². The second-order valence-corrected chi connectivity index (χ2v) is 5.72. The normalized spacial score (nSPS) is 10.5. The predicted molar refractivity (Wildman–Crippen MR) is 92.0 cm³/mol. The summed E-state index contributed by atoms with van der Waals surface area (Å²) in [5, 5.41) is 6.31. The fourth-order valence-electron chi connectivity index (χ4n) is 2.32. The molecule has 2 aromatic rings. The van der Waals surface area contributed by atoms with E-state index in [0.29, 0.717) is 13.0 Å². The third-order valence-corrected chi connectivity index (χ3v) is 3.77. The zero-order valence-corrected chi connectivity index (χ0v) is 13.6. The molecule has 22 heavy (non-hydrogen) atoms. The molecule has 0 saturated carbocycles. The Balaban J connectivity index is 1.76. The van der Waals surface area contributed by atoms with Gasteiger partial charge in [-0.05, 0) is 49.1 Å². The van der Waals surface area contributed by atoms with Crippen molar-refractivity contribution in [3.63, 3.8) is 0 Å². The van der Waals surface area contributed by atoms with E-state index >= 15 is 0 Å². The number of benzene rings is 2. The van der Waals surface area contributed by atoms with Crippen LogP contribution in [0, 0.1) is 20.8 Å². The van der Waals surface area contributed by atoms with Crippen LogP contribution in [0.25, 0.3) is 0 Å². The number of carbonyl (C=O) groups is 1. The van der Waals surface area contributed by atoms with Crippen LogP contribution < -0.4 is 10.6 Å². The van der Waals surface area contributed by atoms with Gasteiger partial charge in [-0.25, -0.2) is 0 Å². The maximum absolute atomic E-state index is 12.0. The van der Waals surface area contributed by atoms with Crippen LogP contribution in [0.15, 0.2) is 42.5 Å². The van der Waals surface area contributed by atoms with E-state index in [4.69, 9.17) is 0 Å². The summed E-state index contributed by atoms with van der Waals surface area (Å²) in [6, 6.07) is 14.4. The molecule has 2 aromatic carbocycles. The molecule has 0 aliphatic carbocycles. The average Bonchev–Trinajstić information content (AvgIpc) is 2.49. The summed E-state index contributed by atoms with van der Waals surface area (Å²) < 4.78 is 0. The lowest BCUT2D eigenvalue weighted by atomic mass is 10.1. The second kappa shape index (κ2) is 7.76. The Hall–Kier alpha value is -2.13. The first-order valence-corrected chi connectivity index (χ1v) is 7.68. The Bertz CT molecular complexity index is 650. The Morgan fingerprint density at radius 2 is 1.77 bits per heavy atom. The zero-order valence-electron chi connectivity index (χ0n) is 13.6. The van der Waals surface area contributed by atoms with Crippen molar-refractivity contribution in [3.8, 4) is 0 Å². The molecule has 0 heterocycles. The molecule has 0 aliphatic heterocycles. The fourth-order valence-corrected chi connectivity index (χ4v) is 2.32. The van der Waals surface area contributed by atoms with Crippen LogP contribution in [-0.2, 0) is 11.3 Å². The summed E-state index contributed by atoms with van der Waals surface area (Å²) in [6.45, 7) is 7.60. The van der Waals surface area contributed by atoms with Gasteiger partial charge in [0.2, 0.25) is 5.91 Å². The van der Waals surface area contributed by atoms with Crippen LogP contribution in [0.5, 0.6) is 0 Å². The van der Waals surface area contributed by atoms with E-state index in [1.807, 2.05) is 38.1 Å². The monoisotopic (exact) mass is 296 g/mol. The number of nitrogens with one attached hydrogen (secondary N) is 2. The number of rotatable bonds is 6. The first-order chi connectivity index (χ1) is 10.6. The van der Waals surface area contributed by atoms with Crippen LogP contribution in [0.4, 0.5) is 5.69 Å². The number of hydrogen-bond donors (Lipinski definition) is 2. The number of aryl methyl sites for hydroxylation is 3. The Morgan fingerprint density at radius 1 is 1.00 bits per heavy atom. The smallest absolute Gasteiger partial charge is 0.225 e. The second-order valence-electron chi connectivity index (χ2n) is 5.72. The molecule has 3 nitrogen and oxygen atoms in total. The predicted octanol–water partition coefficient (Wildman–Crippen LogP) is 3.73. The van der Waals surface area contributed by atoms with Gasteiger partial charge in [0, 0.05) is 25.2 Å². The van der Waals surface area contributed by atoms with Crippen LogP contribution in [0.1, 0.15) is 28.7 Å². The summed E-state index contributed by atoms with van der Waals surface area (Å²) in [4.78, 5) is 12.0. The van der Waals surface area contributed by atoms with E-state index in [9.17, 15) is 4.79 Å². The van der Waals surface area contributed by atoms with Crippen molar-refractivity contribution in [1.29, 1.82) is 0 Å². The summed E-state index contributed by atoms with van der Waals surface area (Å²) in [6.07, 6.45) is 0.471. The van der Waals surface area contributed by atoms with E-state index in [2.05, 4.69) is 35.8 Å². The van der Waals surface area contributed by atoms with E-state index < -0.39 is 0 Å². The number of hydrogen-bond acceptors (Lipinski definition) is 2. The quantitative estimate of drug-likeness (QED) is 0.798. The summed E-state index contributed by atoms with van der Waals surface area (Å²) in [5.74, 6) is 0.0472. The van der Waals surface area contributed by atoms with E-state index in [1.54, 1.807) is 0 Å². The van der Waals surface area contributed by atoms with E-state index in [1.165, 1.54) is 11.1 Å². The molecule has 0 unspecified atom stereocenters. The molecule has 0 aromatic heterocycles. The van der Waals surface area contributed by atoms with Crippen molar-refractivity contribution in [2.45, 2.75) is 33.7 Å². The Kier molecular flexibility index (Phi) is 5.73. The lowest BCUT2D eigenvalue weighted by Crippen LogP contribution is -2.22. The van der Waals surface area contributed by atoms with Gasteiger partial charge in [-0.3, -0.25) is 4.79 Å². The van der Waals surface area contributed by atoms with Gasteiger partial charge in [0.25, 0.3) is 0 Å². The standard InChI is InChI=1S/C19H24N2O/c1-14-8-9-16(3)18(12-14)21-19(22)10-11-20-13-17-7-5-4-6-15(17)2/h4-9,12,20H,10-11,13H2,1-3H3,(H,21,22). The van der Waals surface area contributed by atoms with Gasteiger partial charge in [-0.1, -0.05) is 36.4 Å². The molecule has 0 fully saturated rings. The maximum atomic E-state index is 12.0. The Morgan fingerprint density at radius 3 is 2.55 bits per heavy atom. The number of amides is 1. The minimum absolute atomic E-state index is 0.0472. The Labute approximate surface area is 132 Å². The van der Waals surface area contributed by atoms with Crippen LogP contribution in [-0.4, -0.2) is 12.5 Å². The van der Waals surface area contributed by atoms with Gasteiger partial charge in [0.1, 0.15) is 0 Å². The minimum Gasteiger partial charge on any atom is -0.326 e. The highest BCUT2D eigenvalue weighted by molar-refractivity contribution is 5.91.